The maximum Gasteiger partial charge on any atom is 0.328 e. The maximum absolute atomic E-state index is 11.3. The molecular weight excluding hydrogens is 243 g/mol. The molecule has 0 rings (SSSR count). The number of carbonyl (C=O) groups excluding carboxylic acids is 1. The number of hydrogen-bond donors (Lipinski definition) is 2. The van der Waals surface area contributed by atoms with Crippen LogP contribution in [0.3, 0.4) is 0 Å². The van der Waals surface area contributed by atoms with Crippen LogP contribution in [0.25, 0.3) is 0 Å². The molecular formula is C11H23O5P. The topological polar surface area (TPSA) is 83.8 Å². The van der Waals surface area contributed by atoms with E-state index in [9.17, 15) is 19.1 Å². The first-order valence-corrected chi connectivity index (χ1v) is 7.62. The van der Waals surface area contributed by atoms with Gasteiger partial charge >= 0.3 is 13.6 Å². The van der Waals surface area contributed by atoms with E-state index in [0.717, 1.165) is 0 Å². The number of rotatable bonds is 7. The summed E-state index contributed by atoms with van der Waals surface area (Å²) in [5, 5.41) is 0. The molecule has 0 aromatic heterocycles. The summed E-state index contributed by atoms with van der Waals surface area (Å²) in [7, 11) is -4.10. The highest BCUT2D eigenvalue weighted by atomic mass is 31.2. The molecule has 0 aromatic carbocycles. The minimum Gasteiger partial charge on any atom is -0.466 e. The summed E-state index contributed by atoms with van der Waals surface area (Å²) in [5.74, 6) is -0.635. The zero-order valence-corrected chi connectivity index (χ0v) is 11.8. The van der Waals surface area contributed by atoms with Gasteiger partial charge in [0.25, 0.3) is 0 Å². The molecule has 0 radical (unpaired) electrons. The lowest BCUT2D eigenvalue weighted by molar-refractivity contribution is -0.144. The third-order valence-corrected chi connectivity index (χ3v) is 4.85. The highest BCUT2D eigenvalue weighted by Crippen LogP contribution is 2.48. The van der Waals surface area contributed by atoms with Gasteiger partial charge < -0.3 is 14.5 Å². The van der Waals surface area contributed by atoms with Gasteiger partial charge in [-0.3, -0.25) is 9.36 Å². The van der Waals surface area contributed by atoms with Crippen LogP contribution in [0.5, 0.6) is 0 Å². The second-order valence-electron chi connectivity index (χ2n) is 4.41. The van der Waals surface area contributed by atoms with Gasteiger partial charge in [0.15, 0.2) is 0 Å². The van der Waals surface area contributed by atoms with E-state index in [1.54, 1.807) is 20.8 Å². The van der Waals surface area contributed by atoms with Crippen molar-refractivity contribution in [2.45, 2.75) is 46.2 Å². The minimum atomic E-state index is -4.10. The average molecular weight is 266 g/mol. The Bertz CT molecular complexity index is 286. The smallest absolute Gasteiger partial charge is 0.328 e. The monoisotopic (exact) mass is 266 g/mol. The Morgan fingerprint density at radius 1 is 1.29 bits per heavy atom. The number of esters is 1. The van der Waals surface area contributed by atoms with Crippen LogP contribution in [0.15, 0.2) is 0 Å². The van der Waals surface area contributed by atoms with Gasteiger partial charge in [0, 0.05) is 6.42 Å². The van der Waals surface area contributed by atoms with E-state index >= 15 is 0 Å². The molecule has 0 saturated heterocycles. The lowest BCUT2D eigenvalue weighted by atomic mass is 9.89. The number of ether oxygens (including phenoxy) is 1. The van der Waals surface area contributed by atoms with Gasteiger partial charge in [0.05, 0.1) is 12.3 Å². The molecule has 0 aliphatic carbocycles. The van der Waals surface area contributed by atoms with E-state index in [4.69, 9.17) is 4.74 Å². The van der Waals surface area contributed by atoms with Crippen molar-refractivity contribution in [1.29, 1.82) is 0 Å². The van der Waals surface area contributed by atoms with Gasteiger partial charge in [-0.2, -0.15) is 0 Å². The maximum atomic E-state index is 11.3. The van der Waals surface area contributed by atoms with E-state index in [1.165, 1.54) is 0 Å². The average Bonchev–Trinajstić information content (AvgIpc) is 2.16. The highest BCUT2D eigenvalue weighted by Gasteiger charge is 2.35. The summed E-state index contributed by atoms with van der Waals surface area (Å²) >= 11 is 0. The van der Waals surface area contributed by atoms with Crippen molar-refractivity contribution in [1.82, 2.24) is 0 Å². The molecule has 0 bridgehead atoms. The summed E-state index contributed by atoms with van der Waals surface area (Å²) in [6.45, 7) is 7.40. The van der Waals surface area contributed by atoms with Crippen LogP contribution in [-0.2, 0) is 14.1 Å². The van der Waals surface area contributed by atoms with Gasteiger partial charge in [0.2, 0.25) is 0 Å². The Hall–Kier alpha value is -0.380. The molecule has 0 saturated carbocycles. The van der Waals surface area contributed by atoms with Gasteiger partial charge in [-0.05, 0) is 25.2 Å². The SMILES string of the molecule is CCOC(=O)CC(C)C(C)C(CC)P(=O)(O)O. The summed E-state index contributed by atoms with van der Waals surface area (Å²) in [6, 6.07) is 0. The Morgan fingerprint density at radius 3 is 2.18 bits per heavy atom. The Balaban J connectivity index is 4.52. The number of carbonyl (C=O) groups is 1. The van der Waals surface area contributed by atoms with Gasteiger partial charge in [-0.1, -0.05) is 20.8 Å². The first-order chi connectivity index (χ1) is 7.73. The third kappa shape index (κ3) is 5.66. The molecule has 0 aliphatic rings. The molecule has 0 heterocycles. The van der Waals surface area contributed by atoms with Crippen molar-refractivity contribution < 1.29 is 23.9 Å². The second kappa shape index (κ2) is 7.14. The van der Waals surface area contributed by atoms with Crippen LogP contribution in [0.2, 0.25) is 0 Å². The van der Waals surface area contributed by atoms with E-state index in [-0.39, 0.29) is 24.2 Å². The molecule has 17 heavy (non-hydrogen) atoms. The molecule has 3 atom stereocenters. The van der Waals surface area contributed by atoms with Crippen LogP contribution in [0.1, 0.15) is 40.5 Å². The zero-order valence-electron chi connectivity index (χ0n) is 10.9. The van der Waals surface area contributed by atoms with E-state index < -0.39 is 13.3 Å². The predicted molar refractivity (Wildman–Crippen MR) is 65.7 cm³/mol. The fourth-order valence-corrected chi connectivity index (χ4v) is 3.35. The Kier molecular flexibility index (Phi) is 6.98. The molecule has 0 aromatic rings. The van der Waals surface area contributed by atoms with Crippen LogP contribution in [-0.4, -0.2) is 28.0 Å². The fourth-order valence-electron chi connectivity index (χ4n) is 1.96. The molecule has 2 N–H and O–H groups in total. The lowest BCUT2D eigenvalue weighted by Crippen LogP contribution is -2.26. The second-order valence-corrected chi connectivity index (χ2v) is 6.25. The van der Waals surface area contributed by atoms with Crippen molar-refractivity contribution >= 4 is 13.6 Å². The van der Waals surface area contributed by atoms with Crippen LogP contribution < -0.4 is 0 Å². The molecule has 3 unspecified atom stereocenters. The van der Waals surface area contributed by atoms with Crippen LogP contribution >= 0.6 is 7.60 Å². The Labute approximate surface area is 103 Å². The first kappa shape index (κ1) is 16.6. The molecule has 0 fully saturated rings. The van der Waals surface area contributed by atoms with Crippen molar-refractivity contribution in [3.05, 3.63) is 0 Å². The van der Waals surface area contributed by atoms with Gasteiger partial charge in [-0.15, -0.1) is 0 Å². The summed E-state index contributed by atoms with van der Waals surface area (Å²) < 4.78 is 16.1. The summed E-state index contributed by atoms with van der Waals surface area (Å²) in [6.07, 6.45) is 0.601. The van der Waals surface area contributed by atoms with Gasteiger partial charge in [-0.25, -0.2) is 0 Å². The van der Waals surface area contributed by atoms with E-state index in [2.05, 4.69) is 0 Å². The van der Waals surface area contributed by atoms with Crippen molar-refractivity contribution in [3.63, 3.8) is 0 Å². The summed E-state index contributed by atoms with van der Waals surface area (Å²) in [4.78, 5) is 29.8. The normalized spacial score (nSPS) is 17.3. The predicted octanol–water partition coefficient (Wildman–Crippen LogP) is 2.17. The van der Waals surface area contributed by atoms with E-state index in [0.29, 0.717) is 13.0 Å². The summed E-state index contributed by atoms with van der Waals surface area (Å²) in [5.41, 5.74) is -0.688. The first-order valence-electron chi connectivity index (χ1n) is 5.94. The molecule has 0 aliphatic heterocycles. The molecule has 0 amide bonds. The fraction of sp³-hybridized carbons (Fsp3) is 0.909. The molecule has 102 valence electrons. The molecule has 0 spiro atoms. The minimum absolute atomic E-state index is 0.105. The van der Waals surface area contributed by atoms with E-state index in [1.807, 2.05) is 6.92 Å². The standard InChI is InChI=1S/C11H23O5P/c1-5-10(17(13,14)15)9(4)8(3)7-11(12)16-6-2/h8-10H,5-7H2,1-4H3,(H2,13,14,15). The molecule has 6 heteroatoms. The quantitative estimate of drug-likeness (QED) is 0.545. The lowest BCUT2D eigenvalue weighted by Gasteiger charge is -2.28. The third-order valence-electron chi connectivity index (χ3n) is 3.15. The van der Waals surface area contributed by atoms with Crippen molar-refractivity contribution in [2.75, 3.05) is 6.61 Å². The zero-order chi connectivity index (χ0) is 13.6. The van der Waals surface area contributed by atoms with Gasteiger partial charge in [0.1, 0.15) is 0 Å². The van der Waals surface area contributed by atoms with Crippen molar-refractivity contribution in [3.8, 4) is 0 Å². The van der Waals surface area contributed by atoms with Crippen LogP contribution in [0, 0.1) is 11.8 Å². The Morgan fingerprint density at radius 2 is 1.82 bits per heavy atom. The molecule has 5 nitrogen and oxygen atoms in total. The van der Waals surface area contributed by atoms with Crippen LogP contribution in [0.4, 0.5) is 0 Å². The van der Waals surface area contributed by atoms with Crippen molar-refractivity contribution in [2.24, 2.45) is 11.8 Å². The highest BCUT2D eigenvalue weighted by molar-refractivity contribution is 7.52. The number of hydrogen-bond acceptors (Lipinski definition) is 3. The largest absolute Gasteiger partial charge is 0.466 e.